The largest absolute Gasteiger partial charge is 0.595 e. The molecule has 5 N–H and O–H groups in total. The van der Waals surface area contributed by atoms with Crippen LogP contribution in [-0.2, 0) is 10.0 Å². The summed E-state index contributed by atoms with van der Waals surface area (Å²) in [6.07, 6.45) is 10.7. The summed E-state index contributed by atoms with van der Waals surface area (Å²) in [7, 11) is -4.53. The molecule has 1 atom stereocenters. The van der Waals surface area contributed by atoms with Gasteiger partial charge in [-0.25, -0.2) is 23.3 Å². The van der Waals surface area contributed by atoms with Gasteiger partial charge in [0.15, 0.2) is 5.69 Å². The first kappa shape index (κ1) is 47.7. The fourth-order valence-corrected chi connectivity index (χ4v) is 11.4. The number of aromatic nitrogens is 2. The number of nitrogens with zero attached hydrogens (tertiary/aromatic N) is 5. The fourth-order valence-electron chi connectivity index (χ4n) is 10.3. The number of sulfonamides is 1. The first-order valence-electron chi connectivity index (χ1n) is 23.8. The number of aromatic amines is 1. The lowest BCUT2D eigenvalue weighted by Gasteiger charge is -2.39. The van der Waals surface area contributed by atoms with Crippen molar-refractivity contribution in [2.24, 2.45) is 16.3 Å². The summed E-state index contributed by atoms with van der Waals surface area (Å²) >= 11 is 6.26. The second-order valence-corrected chi connectivity index (χ2v) is 21.8. The molecule has 1 saturated carbocycles. The minimum Gasteiger partial charge on any atom is -0.595 e. The molecular formula is C51H62ClN9O6S. The number of quaternary nitrogens is 1. The van der Waals surface area contributed by atoms with Crippen molar-refractivity contribution in [1.29, 1.82) is 0 Å². The number of amides is 1. The highest BCUT2D eigenvalue weighted by molar-refractivity contribution is 7.90. The molecule has 2 fully saturated rings. The number of H-pyrrole nitrogens is 1. The van der Waals surface area contributed by atoms with Gasteiger partial charge in [0, 0.05) is 98.5 Å². The third-order valence-electron chi connectivity index (χ3n) is 14.2. The fraction of sp³-hybridized carbons (Fsp3) is 0.431. The quantitative estimate of drug-likeness (QED) is 0.0679. The Morgan fingerprint density at radius 3 is 2.53 bits per heavy atom. The molecule has 0 spiro atoms. The van der Waals surface area contributed by atoms with Gasteiger partial charge in [0.25, 0.3) is 15.9 Å². The third-order valence-corrected chi connectivity index (χ3v) is 15.8. The van der Waals surface area contributed by atoms with Crippen molar-refractivity contribution in [3.8, 4) is 11.5 Å². The van der Waals surface area contributed by atoms with Crippen molar-refractivity contribution >= 4 is 66.9 Å². The van der Waals surface area contributed by atoms with Crippen molar-refractivity contribution in [2.75, 3.05) is 69.1 Å². The number of fused-ring (bicyclic) bond motifs is 1. The van der Waals surface area contributed by atoms with E-state index < -0.39 is 21.2 Å². The van der Waals surface area contributed by atoms with Crippen LogP contribution in [0.15, 0.2) is 101 Å². The van der Waals surface area contributed by atoms with E-state index >= 15 is 0 Å². The van der Waals surface area contributed by atoms with Gasteiger partial charge in [-0.2, -0.15) is 5.23 Å². The molecule has 3 aromatic carbocycles. The number of nitrogens with one attached hydrogen (secondary N) is 4. The van der Waals surface area contributed by atoms with E-state index in [9.17, 15) is 23.6 Å². The Morgan fingerprint density at radius 1 is 1.00 bits per heavy atom. The van der Waals surface area contributed by atoms with Gasteiger partial charge >= 0.3 is 0 Å². The number of piperazine rings is 1. The molecule has 2 aliphatic heterocycles. The van der Waals surface area contributed by atoms with Crippen molar-refractivity contribution < 1.29 is 28.4 Å². The summed E-state index contributed by atoms with van der Waals surface area (Å²) in [5.41, 5.74) is 7.14. The van der Waals surface area contributed by atoms with Crippen LogP contribution in [0, 0.1) is 16.5 Å². The second kappa shape index (κ2) is 20.3. The molecule has 1 unspecified atom stereocenters. The summed E-state index contributed by atoms with van der Waals surface area (Å²) in [6, 6.07) is 21.4. The molecule has 15 nitrogen and oxygen atoms in total. The van der Waals surface area contributed by atoms with Crippen LogP contribution < -0.4 is 24.9 Å². The topological polar surface area (TPSA) is 183 Å². The SMILES string of the molecule is CC1=NCCN([C@H]2CC[C@H](CNc3ccc(S(=O)(=O)NC(=O)c4ccc(N5CCN(CC6=C(c7ccc(Cl)cc7)CC(C)(C)CC6)CC5)cc4Oc4cnc5[nH]ccc5c4)cc3[NH+]([O-])O)CC2)C1. The van der Waals surface area contributed by atoms with E-state index in [1.54, 1.807) is 36.7 Å². The van der Waals surface area contributed by atoms with Crippen LogP contribution in [-0.4, -0.2) is 110 Å². The van der Waals surface area contributed by atoms with E-state index in [0.717, 1.165) is 119 Å². The zero-order valence-electron chi connectivity index (χ0n) is 39.1. The number of anilines is 2. The van der Waals surface area contributed by atoms with Crippen LogP contribution >= 0.6 is 11.6 Å². The van der Waals surface area contributed by atoms with E-state index in [1.165, 1.54) is 34.6 Å². The summed E-state index contributed by atoms with van der Waals surface area (Å²) in [5, 5.41) is 26.3. The molecule has 17 heteroatoms. The Morgan fingerprint density at radius 2 is 1.78 bits per heavy atom. The molecule has 0 bridgehead atoms. The van der Waals surface area contributed by atoms with Gasteiger partial charge in [0.2, 0.25) is 0 Å². The minimum absolute atomic E-state index is 0.0120. The van der Waals surface area contributed by atoms with Crippen molar-refractivity contribution in [3.05, 3.63) is 112 Å². The van der Waals surface area contributed by atoms with Crippen LogP contribution in [0.3, 0.4) is 0 Å². The lowest BCUT2D eigenvalue weighted by atomic mass is 9.72. The standard InChI is InChI=1S/C51H62ClN9O6S/c1-34-32-60(21-20-53-34)40-10-4-35(5-11-40)30-55-46-15-13-43(28-47(46)61(63)64)68(65,66)57-50(62)44-14-12-41(27-48(44)67-42-26-37-17-19-54-49(37)56-31-42)59-24-22-58(23-25-59)33-38-16-18-51(2,3)29-45(38)36-6-8-39(52)9-7-36/h6-9,12-15,17,19,26-28,31,35,40,55,61,63H,4-5,10-11,16,18,20-25,29-30,32-33H2,1-3H3,(H,54,56)(H,57,62)/t35-,40-. The smallest absolute Gasteiger partial charge is 0.268 e. The molecule has 5 aromatic rings. The van der Waals surface area contributed by atoms with E-state index in [4.69, 9.17) is 16.3 Å². The van der Waals surface area contributed by atoms with E-state index in [1.807, 2.05) is 18.2 Å². The maximum Gasteiger partial charge on any atom is 0.268 e. The van der Waals surface area contributed by atoms with Crippen LogP contribution in [0.25, 0.3) is 16.6 Å². The summed E-state index contributed by atoms with van der Waals surface area (Å²) in [5.74, 6) is -0.0494. The number of carbonyl (C=O) groups excluding carboxylic acids is 1. The Hall–Kier alpha value is -5.33. The third kappa shape index (κ3) is 11.2. The number of allylic oxidation sites excluding steroid dienone is 1. The predicted octanol–water partition coefficient (Wildman–Crippen LogP) is 8.06. The van der Waals surface area contributed by atoms with Crippen molar-refractivity contribution in [1.82, 2.24) is 24.5 Å². The highest BCUT2D eigenvalue weighted by Crippen LogP contribution is 2.43. The molecule has 4 aliphatic rings. The van der Waals surface area contributed by atoms with Crippen molar-refractivity contribution in [2.45, 2.75) is 76.7 Å². The summed E-state index contributed by atoms with van der Waals surface area (Å²) in [4.78, 5) is 33.0. The normalized spacial score (nSPS) is 21.1. The first-order valence-corrected chi connectivity index (χ1v) is 25.6. The number of rotatable bonds is 14. The number of hydrogen-bond donors (Lipinski definition) is 5. The Balaban J connectivity index is 0.885. The van der Waals surface area contributed by atoms with Gasteiger partial charge in [-0.15, -0.1) is 0 Å². The maximum absolute atomic E-state index is 14.1. The summed E-state index contributed by atoms with van der Waals surface area (Å²) < 4.78 is 36.3. The van der Waals surface area contributed by atoms with E-state index in [-0.39, 0.29) is 27.3 Å². The van der Waals surface area contributed by atoms with Gasteiger partial charge in [0.1, 0.15) is 17.1 Å². The molecule has 360 valence electrons. The Kier molecular flexibility index (Phi) is 14.3. The zero-order valence-corrected chi connectivity index (χ0v) is 40.6. The molecule has 2 aromatic heterocycles. The number of ether oxygens (including phenoxy) is 1. The highest BCUT2D eigenvalue weighted by atomic mass is 35.5. The number of benzene rings is 3. The van der Waals surface area contributed by atoms with Gasteiger partial charge in [-0.1, -0.05) is 43.2 Å². The predicted molar refractivity (Wildman–Crippen MR) is 268 cm³/mol. The van der Waals surface area contributed by atoms with Crippen LogP contribution in [0.2, 0.25) is 5.02 Å². The number of halogens is 1. The highest BCUT2D eigenvalue weighted by Gasteiger charge is 2.31. The average Bonchev–Trinajstić information content (AvgIpc) is 3.80. The lowest BCUT2D eigenvalue weighted by molar-refractivity contribution is -0.990. The van der Waals surface area contributed by atoms with Crippen molar-refractivity contribution in [3.63, 3.8) is 0 Å². The number of carbonyl (C=O) groups is 1. The molecule has 1 amide bonds. The molecule has 9 rings (SSSR count). The minimum atomic E-state index is -4.53. The monoisotopic (exact) mass is 963 g/mol. The second-order valence-electron chi connectivity index (χ2n) is 19.7. The molecule has 1 saturated heterocycles. The molecule has 4 heterocycles. The Bertz CT molecular complexity index is 2800. The van der Waals surface area contributed by atoms with Crippen LogP contribution in [0.5, 0.6) is 11.5 Å². The molecule has 68 heavy (non-hydrogen) atoms. The summed E-state index contributed by atoms with van der Waals surface area (Å²) in [6.45, 7) is 14.1. The van der Waals surface area contributed by atoms with Crippen LogP contribution in [0.1, 0.15) is 81.6 Å². The Labute approximate surface area is 403 Å². The van der Waals surface area contributed by atoms with Gasteiger partial charge in [0.05, 0.1) is 28.9 Å². The molecule has 2 aliphatic carbocycles. The molecular weight excluding hydrogens is 902 g/mol. The molecule has 0 radical (unpaired) electrons. The van der Waals surface area contributed by atoms with Gasteiger partial charge in [-0.3, -0.25) is 19.6 Å². The zero-order chi connectivity index (χ0) is 47.6. The van der Waals surface area contributed by atoms with E-state index in [2.05, 4.69) is 72.6 Å². The maximum atomic E-state index is 14.1. The van der Waals surface area contributed by atoms with Gasteiger partial charge < -0.3 is 25.1 Å². The number of hydrogen-bond acceptors (Lipinski definition) is 12. The van der Waals surface area contributed by atoms with Gasteiger partial charge in [-0.05, 0) is 123 Å². The number of pyridine rings is 1. The average molecular weight is 965 g/mol. The first-order chi connectivity index (χ1) is 32.7. The lowest BCUT2D eigenvalue weighted by Crippen LogP contribution is -2.99. The number of aliphatic imine (C=N–C) groups is 1. The van der Waals surface area contributed by atoms with Crippen LogP contribution in [0.4, 0.5) is 17.1 Å². The van der Waals surface area contributed by atoms with E-state index in [0.29, 0.717) is 35.6 Å².